The average molecular weight is 583 g/mol. The van der Waals surface area contributed by atoms with Crippen molar-refractivity contribution in [1.82, 2.24) is 4.98 Å². The van der Waals surface area contributed by atoms with Gasteiger partial charge in [0.1, 0.15) is 0 Å². The van der Waals surface area contributed by atoms with Crippen LogP contribution < -0.4 is 0 Å². The molecule has 0 radical (unpaired) electrons. The number of hydrogen-bond acceptors (Lipinski definition) is 3. The fourth-order valence-corrected chi connectivity index (χ4v) is 5.14. The molecule has 0 N–H and O–H groups in total. The van der Waals surface area contributed by atoms with Crippen LogP contribution >= 0.6 is 0 Å². The van der Waals surface area contributed by atoms with E-state index in [1.807, 2.05) is 6.07 Å². The molecule has 3 nitrogen and oxygen atoms in total. The molecule has 2 aromatic carbocycles. The maximum atomic E-state index is 13.4. The molecule has 0 spiro atoms. The molecule has 0 saturated carbocycles. The van der Waals surface area contributed by atoms with Gasteiger partial charge in [-0.25, -0.2) is 4.98 Å². The van der Waals surface area contributed by atoms with Crippen LogP contribution in [0.15, 0.2) is 52.4 Å². The number of alkyl halides is 9. The van der Waals surface area contributed by atoms with E-state index >= 15 is 0 Å². The van der Waals surface area contributed by atoms with Gasteiger partial charge in [-0.3, -0.25) is 9.98 Å². The summed E-state index contributed by atoms with van der Waals surface area (Å²) in [6.07, 6.45) is -11.4. The lowest BCUT2D eigenvalue weighted by molar-refractivity contribution is -0.143. The Morgan fingerprint density at radius 2 is 0.951 bits per heavy atom. The summed E-state index contributed by atoms with van der Waals surface area (Å²) in [5.41, 5.74) is -0.709. The molecule has 3 aromatic rings. The molecule has 12 heteroatoms. The normalized spacial score (nSPS) is 18.0. The average Bonchev–Trinajstić information content (AvgIpc) is 2.86. The number of aryl methyl sites for hydroxylation is 3. The third-order valence-electron chi connectivity index (χ3n) is 6.94. The Balaban J connectivity index is 1.61. The van der Waals surface area contributed by atoms with Crippen LogP contribution in [-0.4, -0.2) is 16.4 Å². The van der Waals surface area contributed by atoms with Gasteiger partial charge in [-0.1, -0.05) is 6.07 Å². The second-order valence-electron chi connectivity index (χ2n) is 10.1. The molecule has 0 amide bonds. The molecule has 0 atom stereocenters. The van der Waals surface area contributed by atoms with Crippen LogP contribution in [0, 0.1) is 6.92 Å². The van der Waals surface area contributed by atoms with Crippen molar-refractivity contribution in [1.29, 1.82) is 0 Å². The summed E-state index contributed by atoms with van der Waals surface area (Å²) >= 11 is 0. The van der Waals surface area contributed by atoms with Crippen LogP contribution in [0.4, 0.5) is 50.9 Å². The number of halogens is 9. The van der Waals surface area contributed by atoms with Gasteiger partial charge >= 0.3 is 18.5 Å². The molecule has 5 rings (SSSR count). The molecule has 41 heavy (non-hydrogen) atoms. The van der Waals surface area contributed by atoms with E-state index in [0.29, 0.717) is 66.9 Å². The zero-order valence-corrected chi connectivity index (χ0v) is 21.5. The van der Waals surface area contributed by atoms with Crippen molar-refractivity contribution in [2.45, 2.75) is 64.0 Å². The predicted molar refractivity (Wildman–Crippen MR) is 135 cm³/mol. The Hall–Kier alpha value is -3.70. The quantitative estimate of drug-likeness (QED) is 0.277. The van der Waals surface area contributed by atoms with Gasteiger partial charge in [0.25, 0.3) is 0 Å². The summed E-state index contributed by atoms with van der Waals surface area (Å²) < 4.78 is 120. The van der Waals surface area contributed by atoms with Crippen molar-refractivity contribution in [2.24, 2.45) is 9.98 Å². The van der Waals surface area contributed by atoms with Crippen LogP contribution in [0.2, 0.25) is 0 Å². The van der Waals surface area contributed by atoms with Gasteiger partial charge in [0.15, 0.2) is 0 Å². The maximum absolute atomic E-state index is 13.4. The van der Waals surface area contributed by atoms with Crippen molar-refractivity contribution in [2.75, 3.05) is 0 Å². The topological polar surface area (TPSA) is 37.6 Å². The first kappa shape index (κ1) is 28.8. The van der Waals surface area contributed by atoms with Crippen molar-refractivity contribution < 1.29 is 39.5 Å². The van der Waals surface area contributed by atoms with Crippen molar-refractivity contribution in [3.8, 4) is 0 Å². The van der Waals surface area contributed by atoms with E-state index in [1.165, 1.54) is 13.0 Å². The molecule has 0 aliphatic heterocycles. The van der Waals surface area contributed by atoms with E-state index in [2.05, 4.69) is 9.98 Å². The highest BCUT2D eigenvalue weighted by molar-refractivity contribution is 6.06. The zero-order chi connectivity index (χ0) is 29.7. The van der Waals surface area contributed by atoms with Crippen LogP contribution in [0.3, 0.4) is 0 Å². The smallest absolute Gasteiger partial charge is 0.251 e. The van der Waals surface area contributed by atoms with E-state index in [1.54, 1.807) is 0 Å². The van der Waals surface area contributed by atoms with E-state index < -0.39 is 40.9 Å². The summed E-state index contributed by atoms with van der Waals surface area (Å²) in [5.74, 6) is 0. The lowest BCUT2D eigenvalue weighted by Gasteiger charge is -2.24. The van der Waals surface area contributed by atoms with E-state index in [-0.39, 0.29) is 23.9 Å². The summed E-state index contributed by atoms with van der Waals surface area (Å²) in [7, 11) is 0. The first-order valence-electron chi connectivity index (χ1n) is 12.7. The molecule has 1 aromatic heterocycles. The second-order valence-corrected chi connectivity index (χ2v) is 10.1. The zero-order valence-electron chi connectivity index (χ0n) is 21.5. The van der Waals surface area contributed by atoms with Crippen LogP contribution in [0.5, 0.6) is 0 Å². The van der Waals surface area contributed by atoms with E-state index in [0.717, 1.165) is 23.3 Å². The fourth-order valence-electron chi connectivity index (χ4n) is 5.14. The second kappa shape index (κ2) is 10.3. The summed E-state index contributed by atoms with van der Waals surface area (Å²) in [4.78, 5) is 13.4. The first-order chi connectivity index (χ1) is 19.1. The minimum absolute atomic E-state index is 0.0470. The van der Waals surface area contributed by atoms with Crippen LogP contribution in [0.1, 0.15) is 70.5 Å². The number of rotatable bonds is 2. The number of fused-ring (bicyclic) bond motifs is 2. The van der Waals surface area contributed by atoms with Gasteiger partial charge in [0.2, 0.25) is 0 Å². The Morgan fingerprint density at radius 3 is 1.39 bits per heavy atom. The lowest BCUT2D eigenvalue weighted by atomic mass is 9.87. The molecular weight excluding hydrogens is 561 g/mol. The van der Waals surface area contributed by atoms with E-state index in [4.69, 9.17) is 4.98 Å². The largest absolute Gasteiger partial charge is 0.416 e. The highest BCUT2D eigenvalue weighted by Crippen LogP contribution is 2.39. The lowest BCUT2D eigenvalue weighted by Crippen LogP contribution is -2.21. The molecule has 2 aliphatic rings. The van der Waals surface area contributed by atoms with Gasteiger partial charge in [0.05, 0.1) is 50.9 Å². The number of hydrogen-bond donors (Lipinski definition) is 0. The number of pyridine rings is 1. The SMILES string of the molecule is Cc1cc(/N=C2\CCCc3cc4c(nc32)/C(=N/c2cc(C(F)(F)F)cc(C(F)(F)F)c2)CCC4)cc(C(F)(F)F)c1. The molecule has 2 aliphatic carbocycles. The van der Waals surface area contributed by atoms with Crippen LogP contribution in [-0.2, 0) is 31.4 Å². The molecule has 0 bridgehead atoms. The highest BCUT2D eigenvalue weighted by atomic mass is 19.4. The van der Waals surface area contributed by atoms with Crippen molar-refractivity contribution in [3.05, 3.63) is 87.2 Å². The third kappa shape index (κ3) is 6.31. The molecular formula is C29H22F9N3. The predicted octanol–water partition coefficient (Wildman–Crippen LogP) is 9.36. The number of nitrogens with zero attached hydrogens (tertiary/aromatic N) is 3. The van der Waals surface area contributed by atoms with Gasteiger partial charge in [-0.05, 0) is 98.5 Å². The Bertz CT molecular complexity index is 1530. The Labute approximate surface area is 228 Å². The van der Waals surface area contributed by atoms with Gasteiger partial charge in [-0.2, -0.15) is 39.5 Å². The summed E-state index contributed by atoms with van der Waals surface area (Å²) in [6.45, 7) is 1.53. The van der Waals surface area contributed by atoms with E-state index in [9.17, 15) is 39.5 Å². The number of aliphatic imine (C=N–C) groups is 2. The van der Waals surface area contributed by atoms with Crippen molar-refractivity contribution >= 4 is 22.8 Å². The molecule has 0 unspecified atom stereocenters. The standard InChI is InChI=1S/C29H22F9N3/c1-15-8-18(27(30,31)32)12-21(9-15)39-23-6-2-4-16-10-17-5-3-7-24(26(17)41-25(16)23)40-22-13-19(28(33,34)35)11-20(14-22)29(36,37)38/h8-14H,2-7H2,1H3/b39-23+,40-24+. The Kier molecular flexibility index (Phi) is 7.23. The number of aromatic nitrogens is 1. The summed E-state index contributed by atoms with van der Waals surface area (Å²) in [6, 6.07) is 6.56. The number of benzene rings is 2. The fraction of sp³-hybridized carbons (Fsp3) is 0.345. The maximum Gasteiger partial charge on any atom is 0.416 e. The van der Waals surface area contributed by atoms with Gasteiger partial charge < -0.3 is 0 Å². The molecule has 216 valence electrons. The monoisotopic (exact) mass is 583 g/mol. The minimum atomic E-state index is -5.01. The minimum Gasteiger partial charge on any atom is -0.251 e. The van der Waals surface area contributed by atoms with Crippen molar-refractivity contribution in [3.63, 3.8) is 0 Å². The van der Waals surface area contributed by atoms with Gasteiger partial charge in [-0.15, -0.1) is 0 Å². The molecule has 1 heterocycles. The van der Waals surface area contributed by atoms with Gasteiger partial charge in [0, 0.05) is 0 Å². The first-order valence-corrected chi connectivity index (χ1v) is 12.7. The van der Waals surface area contributed by atoms with Crippen LogP contribution in [0.25, 0.3) is 0 Å². The molecule has 0 fully saturated rings. The summed E-state index contributed by atoms with van der Waals surface area (Å²) in [5, 5.41) is 0. The highest BCUT2D eigenvalue weighted by Gasteiger charge is 2.37. The Morgan fingerprint density at radius 1 is 0.537 bits per heavy atom. The third-order valence-corrected chi connectivity index (χ3v) is 6.94. The molecule has 0 saturated heterocycles.